The lowest BCUT2D eigenvalue weighted by Crippen LogP contribution is -2.31. The monoisotopic (exact) mass is 475 g/mol. The van der Waals surface area contributed by atoms with Gasteiger partial charge in [0.15, 0.2) is 5.69 Å². The summed E-state index contributed by atoms with van der Waals surface area (Å²) in [5.74, 6) is -0.814. The minimum Gasteiger partial charge on any atom is -0.341 e. The summed E-state index contributed by atoms with van der Waals surface area (Å²) >= 11 is 18.0. The normalized spacial score (nSPS) is 11.6. The third-order valence-electron chi connectivity index (χ3n) is 4.44. The van der Waals surface area contributed by atoms with Crippen LogP contribution in [0.2, 0.25) is 15.1 Å². The highest BCUT2D eigenvalue weighted by atomic mass is 35.5. The quantitative estimate of drug-likeness (QED) is 0.442. The summed E-state index contributed by atoms with van der Waals surface area (Å²) in [4.78, 5) is 14.0. The van der Waals surface area contributed by atoms with E-state index in [1.54, 1.807) is 18.2 Å². The van der Waals surface area contributed by atoms with Crippen LogP contribution in [0.1, 0.15) is 21.6 Å². The Kier molecular flexibility index (Phi) is 6.65. The van der Waals surface area contributed by atoms with E-state index in [0.29, 0.717) is 25.3 Å². The predicted molar refractivity (Wildman–Crippen MR) is 111 cm³/mol. The first kappa shape index (κ1) is 22.5. The fourth-order valence-electron chi connectivity index (χ4n) is 2.91. The van der Waals surface area contributed by atoms with Crippen LogP contribution in [-0.2, 0) is 12.6 Å². The Morgan fingerprint density at radius 1 is 1.07 bits per heavy atom. The molecular formula is C20H15Cl3F3N3O. The minimum absolute atomic E-state index is 0.117. The van der Waals surface area contributed by atoms with Gasteiger partial charge < -0.3 is 4.90 Å². The number of benzene rings is 2. The van der Waals surface area contributed by atoms with Gasteiger partial charge in [0.1, 0.15) is 0 Å². The van der Waals surface area contributed by atoms with Gasteiger partial charge in [-0.1, -0.05) is 40.9 Å². The molecule has 0 saturated heterocycles. The van der Waals surface area contributed by atoms with E-state index in [1.807, 2.05) is 0 Å². The third-order valence-corrected chi connectivity index (χ3v) is 5.41. The van der Waals surface area contributed by atoms with Gasteiger partial charge in [-0.05, 0) is 48.4 Å². The first-order valence-electron chi connectivity index (χ1n) is 8.69. The van der Waals surface area contributed by atoms with Crippen molar-refractivity contribution in [3.63, 3.8) is 0 Å². The largest absolute Gasteiger partial charge is 0.434 e. The van der Waals surface area contributed by atoms with Crippen LogP contribution in [0.15, 0.2) is 48.7 Å². The maximum atomic E-state index is 13.8. The molecule has 0 atom stereocenters. The number of carbonyl (C=O) groups is 1. The van der Waals surface area contributed by atoms with Gasteiger partial charge in [0.25, 0.3) is 5.91 Å². The van der Waals surface area contributed by atoms with E-state index >= 15 is 0 Å². The van der Waals surface area contributed by atoms with Crippen molar-refractivity contribution in [1.29, 1.82) is 0 Å². The van der Waals surface area contributed by atoms with Crippen LogP contribution in [0.25, 0.3) is 5.69 Å². The van der Waals surface area contributed by atoms with E-state index in [2.05, 4.69) is 5.10 Å². The lowest BCUT2D eigenvalue weighted by Gasteiger charge is -2.19. The molecule has 1 aromatic heterocycles. The zero-order valence-electron chi connectivity index (χ0n) is 15.6. The molecule has 0 aliphatic carbocycles. The number of likely N-dealkylation sites (N-methyl/N-ethyl adjacent to an activating group) is 1. The van der Waals surface area contributed by atoms with Crippen LogP contribution in [0.5, 0.6) is 0 Å². The van der Waals surface area contributed by atoms with Crippen molar-refractivity contribution in [3.8, 4) is 5.69 Å². The molecule has 1 heterocycles. The minimum atomic E-state index is -4.80. The third kappa shape index (κ3) is 4.74. The van der Waals surface area contributed by atoms with E-state index in [1.165, 1.54) is 36.2 Å². The van der Waals surface area contributed by atoms with Crippen molar-refractivity contribution in [2.24, 2.45) is 0 Å². The Balaban J connectivity index is 1.89. The van der Waals surface area contributed by atoms with Gasteiger partial charge in [-0.3, -0.25) is 4.79 Å². The summed E-state index contributed by atoms with van der Waals surface area (Å²) in [5, 5.41) is 5.02. The molecule has 3 rings (SSSR count). The second-order valence-corrected chi connectivity index (χ2v) is 7.72. The second kappa shape index (κ2) is 8.88. The van der Waals surface area contributed by atoms with E-state index in [0.717, 1.165) is 6.20 Å². The molecule has 0 radical (unpaired) electrons. The van der Waals surface area contributed by atoms with Gasteiger partial charge >= 0.3 is 6.18 Å². The predicted octanol–water partition coefficient (Wildman–Crippen LogP) is 6.17. The first-order valence-corrected chi connectivity index (χ1v) is 9.82. The van der Waals surface area contributed by atoms with Gasteiger partial charge in [0.05, 0.1) is 17.4 Å². The molecule has 0 aliphatic heterocycles. The van der Waals surface area contributed by atoms with Crippen molar-refractivity contribution >= 4 is 40.7 Å². The van der Waals surface area contributed by atoms with Gasteiger partial charge in [0.2, 0.25) is 0 Å². The summed E-state index contributed by atoms with van der Waals surface area (Å²) < 4.78 is 42.1. The number of aromatic nitrogens is 2. The Morgan fingerprint density at radius 3 is 2.23 bits per heavy atom. The van der Waals surface area contributed by atoms with Crippen LogP contribution >= 0.6 is 34.8 Å². The van der Waals surface area contributed by atoms with Gasteiger partial charge in [0, 0.05) is 28.7 Å². The summed E-state index contributed by atoms with van der Waals surface area (Å²) in [6, 6.07) is 10.7. The number of halogens is 6. The summed E-state index contributed by atoms with van der Waals surface area (Å²) in [6.07, 6.45) is -3.60. The van der Waals surface area contributed by atoms with E-state index in [4.69, 9.17) is 34.8 Å². The zero-order valence-corrected chi connectivity index (χ0v) is 17.8. The molecule has 0 unspecified atom stereocenters. The van der Waals surface area contributed by atoms with Crippen LogP contribution in [0.4, 0.5) is 13.2 Å². The number of rotatable bonds is 5. The van der Waals surface area contributed by atoms with Crippen molar-refractivity contribution in [3.05, 3.63) is 80.6 Å². The SMILES string of the molecule is CN(CCc1c(Cl)cccc1Cl)C(=O)c1cnn(-c2ccc(Cl)cc2)c1C(F)(F)F. The summed E-state index contributed by atoms with van der Waals surface area (Å²) in [6.45, 7) is 0.117. The molecule has 30 heavy (non-hydrogen) atoms. The Hall–Kier alpha value is -2.22. The van der Waals surface area contributed by atoms with Crippen LogP contribution in [0, 0.1) is 0 Å². The number of nitrogens with zero attached hydrogens (tertiary/aromatic N) is 3. The fraction of sp³-hybridized carbons (Fsp3) is 0.200. The smallest absolute Gasteiger partial charge is 0.341 e. The fourth-order valence-corrected chi connectivity index (χ4v) is 3.63. The van der Waals surface area contributed by atoms with Gasteiger partial charge in [-0.2, -0.15) is 18.3 Å². The molecule has 0 saturated carbocycles. The number of carbonyl (C=O) groups excluding carboxylic acids is 1. The van der Waals surface area contributed by atoms with Crippen molar-refractivity contribution in [2.45, 2.75) is 12.6 Å². The van der Waals surface area contributed by atoms with Crippen molar-refractivity contribution < 1.29 is 18.0 Å². The highest BCUT2D eigenvalue weighted by Crippen LogP contribution is 2.34. The molecule has 10 heteroatoms. The molecule has 0 aliphatic rings. The number of hydrogen-bond acceptors (Lipinski definition) is 2. The van der Waals surface area contributed by atoms with Gasteiger partial charge in [-0.25, -0.2) is 4.68 Å². The standard InChI is InChI=1S/C20H15Cl3F3N3O/c1-28(10-9-14-16(22)3-2-4-17(14)23)19(30)15-11-27-29(18(15)20(24,25)26)13-7-5-12(21)6-8-13/h2-8,11H,9-10H2,1H3. The molecule has 0 bridgehead atoms. The average Bonchev–Trinajstić information content (AvgIpc) is 3.13. The van der Waals surface area contributed by atoms with E-state index < -0.39 is 23.3 Å². The molecule has 3 aromatic rings. The first-order chi connectivity index (χ1) is 14.1. The molecule has 0 spiro atoms. The van der Waals surface area contributed by atoms with Gasteiger partial charge in [-0.15, -0.1) is 0 Å². The summed E-state index contributed by atoms with van der Waals surface area (Å²) in [5.41, 5.74) is -0.952. The highest BCUT2D eigenvalue weighted by molar-refractivity contribution is 6.36. The maximum Gasteiger partial charge on any atom is 0.434 e. The van der Waals surface area contributed by atoms with Crippen molar-refractivity contribution in [1.82, 2.24) is 14.7 Å². The second-order valence-electron chi connectivity index (χ2n) is 6.47. The lowest BCUT2D eigenvalue weighted by molar-refractivity contribution is -0.143. The topological polar surface area (TPSA) is 38.1 Å². The highest BCUT2D eigenvalue weighted by Gasteiger charge is 2.41. The molecule has 0 fully saturated rings. The number of alkyl halides is 3. The summed E-state index contributed by atoms with van der Waals surface area (Å²) in [7, 11) is 1.41. The Morgan fingerprint density at radius 2 is 1.67 bits per heavy atom. The lowest BCUT2D eigenvalue weighted by atomic mass is 10.1. The maximum absolute atomic E-state index is 13.8. The van der Waals surface area contributed by atoms with Crippen molar-refractivity contribution in [2.75, 3.05) is 13.6 Å². The van der Waals surface area contributed by atoms with Crippen LogP contribution < -0.4 is 0 Å². The Bertz CT molecular complexity index is 1050. The molecule has 1 amide bonds. The Labute approximate surface area is 185 Å². The molecule has 158 valence electrons. The number of hydrogen-bond donors (Lipinski definition) is 0. The molecule has 4 nitrogen and oxygen atoms in total. The molecule has 2 aromatic carbocycles. The average molecular weight is 477 g/mol. The van der Waals surface area contributed by atoms with Crippen LogP contribution in [-0.4, -0.2) is 34.2 Å². The molecular weight excluding hydrogens is 462 g/mol. The zero-order chi connectivity index (χ0) is 22.1. The van der Waals surface area contributed by atoms with E-state index in [9.17, 15) is 18.0 Å². The van der Waals surface area contributed by atoms with Crippen LogP contribution in [0.3, 0.4) is 0 Å². The van der Waals surface area contributed by atoms with E-state index in [-0.39, 0.29) is 18.7 Å². The number of amides is 1. The molecule has 0 N–H and O–H groups in total.